The van der Waals surface area contributed by atoms with E-state index in [1.807, 2.05) is 24.3 Å². The van der Waals surface area contributed by atoms with Crippen LogP contribution >= 0.6 is 0 Å². The molecule has 0 unspecified atom stereocenters. The summed E-state index contributed by atoms with van der Waals surface area (Å²) in [4.78, 5) is 16.6. The summed E-state index contributed by atoms with van der Waals surface area (Å²) in [6.45, 7) is 3.24. The first-order chi connectivity index (χ1) is 11.4. The third kappa shape index (κ3) is 4.16. The summed E-state index contributed by atoms with van der Waals surface area (Å²) in [6.07, 6.45) is 4.40. The number of rotatable bonds is 4. The van der Waals surface area contributed by atoms with Crippen molar-refractivity contribution in [1.82, 2.24) is 9.80 Å². The van der Waals surface area contributed by atoms with Gasteiger partial charge in [0.05, 0.1) is 11.5 Å². The summed E-state index contributed by atoms with van der Waals surface area (Å²) in [5, 5.41) is 0. The number of carbonyl (C=O) groups is 1. The molecule has 2 aliphatic heterocycles. The molecule has 1 amide bonds. The van der Waals surface area contributed by atoms with Crippen molar-refractivity contribution in [2.75, 3.05) is 31.6 Å². The van der Waals surface area contributed by atoms with Crippen molar-refractivity contribution in [2.45, 2.75) is 38.3 Å². The van der Waals surface area contributed by atoms with Crippen LogP contribution < -0.4 is 0 Å². The van der Waals surface area contributed by atoms with Gasteiger partial charge in [0.15, 0.2) is 9.84 Å². The molecular weight excluding hydrogens is 324 g/mol. The molecule has 24 heavy (non-hydrogen) atoms. The van der Waals surface area contributed by atoms with E-state index in [0.717, 1.165) is 19.6 Å². The summed E-state index contributed by atoms with van der Waals surface area (Å²) >= 11 is 0. The summed E-state index contributed by atoms with van der Waals surface area (Å²) in [6, 6.07) is 7.56. The molecule has 0 bridgehead atoms. The molecule has 1 aromatic carbocycles. The summed E-state index contributed by atoms with van der Waals surface area (Å²) < 4.78 is 23.2. The highest BCUT2D eigenvalue weighted by Gasteiger charge is 2.33. The van der Waals surface area contributed by atoms with Gasteiger partial charge in [0.2, 0.25) is 0 Å². The van der Waals surface area contributed by atoms with Gasteiger partial charge < -0.3 is 4.90 Å². The van der Waals surface area contributed by atoms with Crippen molar-refractivity contribution in [2.24, 2.45) is 0 Å². The lowest BCUT2D eigenvalue weighted by Gasteiger charge is -2.26. The Labute approximate surface area is 144 Å². The van der Waals surface area contributed by atoms with Crippen LogP contribution in [-0.4, -0.2) is 61.8 Å². The van der Waals surface area contributed by atoms with Gasteiger partial charge in [-0.05, 0) is 50.0 Å². The molecule has 5 nitrogen and oxygen atoms in total. The second kappa shape index (κ2) is 7.23. The first-order valence-electron chi connectivity index (χ1n) is 8.73. The van der Waals surface area contributed by atoms with Crippen LogP contribution in [0.25, 0.3) is 0 Å². The first-order valence-corrected chi connectivity index (χ1v) is 10.6. The van der Waals surface area contributed by atoms with Crippen LogP contribution in [0.2, 0.25) is 0 Å². The normalized spacial score (nSPS) is 24.0. The summed E-state index contributed by atoms with van der Waals surface area (Å²) in [5.74, 6) is 0.174. The smallest absolute Gasteiger partial charge is 0.253 e. The van der Waals surface area contributed by atoms with Crippen LogP contribution in [0.5, 0.6) is 0 Å². The lowest BCUT2D eigenvalue weighted by Crippen LogP contribution is -2.37. The van der Waals surface area contributed by atoms with E-state index in [0.29, 0.717) is 12.0 Å². The number of benzene rings is 1. The molecule has 2 fully saturated rings. The Bertz CT molecular complexity index is 679. The van der Waals surface area contributed by atoms with Crippen molar-refractivity contribution in [3.05, 3.63) is 35.4 Å². The monoisotopic (exact) mass is 350 g/mol. The van der Waals surface area contributed by atoms with E-state index >= 15 is 0 Å². The lowest BCUT2D eigenvalue weighted by molar-refractivity contribution is 0.0747. The fourth-order valence-electron chi connectivity index (χ4n) is 3.58. The lowest BCUT2D eigenvalue weighted by atomic mass is 10.1. The van der Waals surface area contributed by atoms with Gasteiger partial charge in [-0.1, -0.05) is 18.6 Å². The minimum atomic E-state index is -2.98. The maximum absolute atomic E-state index is 12.6. The highest BCUT2D eigenvalue weighted by atomic mass is 32.2. The zero-order chi connectivity index (χ0) is 17.2. The molecule has 0 aliphatic carbocycles. The Balaban J connectivity index is 1.61. The number of carbonyl (C=O) groups excluding carboxylic acids is 1. The van der Waals surface area contributed by atoms with Gasteiger partial charge in [0.1, 0.15) is 0 Å². The Morgan fingerprint density at radius 1 is 1.17 bits per heavy atom. The molecule has 0 saturated carbocycles. The van der Waals surface area contributed by atoms with Crippen molar-refractivity contribution in [3.8, 4) is 0 Å². The number of sulfone groups is 1. The predicted molar refractivity (Wildman–Crippen MR) is 94.7 cm³/mol. The van der Waals surface area contributed by atoms with Crippen molar-refractivity contribution < 1.29 is 13.2 Å². The number of piperidine rings is 1. The zero-order valence-corrected chi connectivity index (χ0v) is 15.1. The van der Waals surface area contributed by atoms with Crippen LogP contribution in [0, 0.1) is 0 Å². The predicted octanol–water partition coefficient (Wildman–Crippen LogP) is 1.93. The molecule has 2 aliphatic rings. The van der Waals surface area contributed by atoms with E-state index in [1.165, 1.54) is 24.8 Å². The Morgan fingerprint density at radius 2 is 1.83 bits per heavy atom. The summed E-state index contributed by atoms with van der Waals surface area (Å²) in [7, 11) is -1.27. The maximum atomic E-state index is 12.6. The van der Waals surface area contributed by atoms with Crippen molar-refractivity contribution in [3.63, 3.8) is 0 Å². The Hall–Kier alpha value is -1.40. The molecule has 0 spiro atoms. The highest BCUT2D eigenvalue weighted by Crippen LogP contribution is 2.19. The fourth-order valence-corrected chi connectivity index (χ4v) is 5.35. The second-order valence-electron chi connectivity index (χ2n) is 7.01. The van der Waals surface area contributed by atoms with Gasteiger partial charge in [-0.2, -0.15) is 0 Å². The van der Waals surface area contributed by atoms with Gasteiger partial charge in [-0.15, -0.1) is 0 Å². The van der Waals surface area contributed by atoms with Gasteiger partial charge >= 0.3 is 0 Å². The molecule has 0 N–H and O–H groups in total. The van der Waals surface area contributed by atoms with Crippen LogP contribution in [-0.2, 0) is 16.4 Å². The van der Waals surface area contributed by atoms with Crippen LogP contribution in [0.3, 0.4) is 0 Å². The van der Waals surface area contributed by atoms with Gasteiger partial charge in [-0.25, -0.2) is 8.42 Å². The van der Waals surface area contributed by atoms with Gasteiger partial charge in [0.25, 0.3) is 5.91 Å². The van der Waals surface area contributed by atoms with E-state index in [9.17, 15) is 13.2 Å². The van der Waals surface area contributed by atoms with Crippen LogP contribution in [0.15, 0.2) is 24.3 Å². The Morgan fingerprint density at radius 3 is 2.42 bits per heavy atom. The molecule has 0 aromatic heterocycles. The molecule has 132 valence electrons. The van der Waals surface area contributed by atoms with E-state index in [-0.39, 0.29) is 23.5 Å². The van der Waals surface area contributed by atoms with Crippen LogP contribution in [0.1, 0.15) is 41.6 Å². The standard InChI is InChI=1S/C18H26N2O3S/c1-19(17-9-12-24(22,23)14-17)18(21)16-7-5-15(6-8-16)13-20-10-3-2-4-11-20/h5-8,17H,2-4,9-14H2,1H3/t17-/m1/s1. The van der Waals surface area contributed by atoms with E-state index in [4.69, 9.17) is 0 Å². The summed E-state index contributed by atoms with van der Waals surface area (Å²) in [5.41, 5.74) is 1.85. The average molecular weight is 350 g/mol. The third-order valence-corrected chi connectivity index (χ3v) is 6.88. The van der Waals surface area contributed by atoms with Crippen LogP contribution in [0.4, 0.5) is 0 Å². The zero-order valence-electron chi connectivity index (χ0n) is 14.3. The topological polar surface area (TPSA) is 57.7 Å². The number of likely N-dealkylation sites (tertiary alicyclic amines) is 1. The number of amides is 1. The SMILES string of the molecule is CN(C(=O)c1ccc(CN2CCCCC2)cc1)[C@@H]1CCS(=O)(=O)C1. The Kier molecular flexibility index (Phi) is 5.25. The third-order valence-electron chi connectivity index (χ3n) is 5.13. The number of hydrogen-bond donors (Lipinski definition) is 0. The molecular formula is C18H26N2O3S. The molecule has 1 atom stereocenters. The minimum absolute atomic E-state index is 0.0856. The van der Waals surface area contributed by atoms with Gasteiger partial charge in [0, 0.05) is 25.2 Å². The van der Waals surface area contributed by atoms with Gasteiger partial charge in [-0.3, -0.25) is 9.69 Å². The van der Waals surface area contributed by atoms with E-state index < -0.39 is 9.84 Å². The average Bonchev–Trinajstić information content (AvgIpc) is 2.95. The minimum Gasteiger partial charge on any atom is -0.338 e. The quantitative estimate of drug-likeness (QED) is 0.833. The largest absolute Gasteiger partial charge is 0.338 e. The molecule has 2 saturated heterocycles. The van der Waals surface area contributed by atoms with E-state index in [1.54, 1.807) is 11.9 Å². The second-order valence-corrected chi connectivity index (χ2v) is 9.24. The van der Waals surface area contributed by atoms with Crippen molar-refractivity contribution in [1.29, 1.82) is 0 Å². The molecule has 6 heteroatoms. The molecule has 3 rings (SSSR count). The number of hydrogen-bond acceptors (Lipinski definition) is 4. The van der Waals surface area contributed by atoms with Crippen molar-refractivity contribution >= 4 is 15.7 Å². The molecule has 0 radical (unpaired) electrons. The highest BCUT2D eigenvalue weighted by molar-refractivity contribution is 7.91. The fraction of sp³-hybridized carbons (Fsp3) is 0.611. The number of nitrogens with zero attached hydrogens (tertiary/aromatic N) is 2. The van der Waals surface area contributed by atoms with E-state index in [2.05, 4.69) is 4.90 Å². The molecule has 2 heterocycles. The maximum Gasteiger partial charge on any atom is 0.253 e. The molecule has 1 aromatic rings. The first kappa shape index (κ1) is 17.4.